The lowest BCUT2D eigenvalue weighted by molar-refractivity contribution is 0.401. The number of halogens is 1. The molecular weight excluding hydrogens is 445 g/mol. The topological polar surface area (TPSA) is 96.5 Å². The first-order valence-electron chi connectivity index (χ1n) is 10.7. The Labute approximate surface area is 192 Å². The third-order valence-corrected chi connectivity index (χ3v) is 6.71. The molecule has 0 bridgehead atoms. The van der Waals surface area contributed by atoms with Crippen LogP contribution in [-0.4, -0.2) is 38.6 Å². The molecule has 33 heavy (non-hydrogen) atoms. The van der Waals surface area contributed by atoms with Crippen LogP contribution in [0.4, 0.5) is 27.5 Å². The summed E-state index contributed by atoms with van der Waals surface area (Å²) in [5.74, 6) is 0.775. The highest BCUT2D eigenvalue weighted by Crippen LogP contribution is 2.27. The van der Waals surface area contributed by atoms with Crippen LogP contribution in [0.1, 0.15) is 25.0 Å². The number of benzene rings is 2. The van der Waals surface area contributed by atoms with Crippen molar-refractivity contribution in [1.82, 2.24) is 9.97 Å². The molecule has 0 aliphatic carbocycles. The second-order valence-electron chi connectivity index (χ2n) is 7.85. The minimum atomic E-state index is -4.04. The maximum atomic E-state index is 13.6. The van der Waals surface area contributed by atoms with Crippen molar-refractivity contribution >= 4 is 33.2 Å². The average Bonchev–Trinajstić information content (AvgIpc) is 2.80. The molecule has 1 aromatic heterocycles. The van der Waals surface area contributed by atoms with E-state index in [1.807, 2.05) is 13.0 Å². The molecular formula is C23H26FN5O3S. The fourth-order valence-corrected chi connectivity index (χ4v) is 4.93. The molecule has 0 saturated carbocycles. The zero-order valence-electron chi connectivity index (χ0n) is 18.5. The monoisotopic (exact) mass is 471 g/mol. The van der Waals surface area contributed by atoms with Gasteiger partial charge in [-0.3, -0.25) is 4.72 Å². The Bertz CT molecular complexity index is 1230. The maximum Gasteiger partial charge on any atom is 0.265 e. The highest BCUT2D eigenvalue weighted by atomic mass is 32.2. The van der Waals surface area contributed by atoms with Gasteiger partial charge in [-0.1, -0.05) is 0 Å². The maximum absolute atomic E-state index is 13.6. The minimum absolute atomic E-state index is 0.0610. The van der Waals surface area contributed by atoms with Crippen LogP contribution in [-0.2, 0) is 10.0 Å². The van der Waals surface area contributed by atoms with E-state index >= 15 is 0 Å². The first-order valence-corrected chi connectivity index (χ1v) is 12.2. The third-order valence-electron chi connectivity index (χ3n) is 5.31. The van der Waals surface area contributed by atoms with E-state index in [0.717, 1.165) is 49.4 Å². The molecule has 10 heteroatoms. The van der Waals surface area contributed by atoms with Crippen LogP contribution in [0.5, 0.6) is 5.75 Å². The molecule has 2 N–H and O–H groups in total. The molecule has 0 atom stereocenters. The second kappa shape index (κ2) is 9.62. The van der Waals surface area contributed by atoms with Crippen molar-refractivity contribution in [2.24, 2.45) is 0 Å². The van der Waals surface area contributed by atoms with Crippen molar-refractivity contribution in [3.05, 3.63) is 60.0 Å². The van der Waals surface area contributed by atoms with E-state index in [2.05, 4.69) is 24.9 Å². The van der Waals surface area contributed by atoms with Gasteiger partial charge >= 0.3 is 0 Å². The molecule has 4 rings (SSSR count). The Morgan fingerprint density at radius 2 is 1.67 bits per heavy atom. The largest absolute Gasteiger partial charge is 0.495 e. The van der Waals surface area contributed by atoms with Crippen molar-refractivity contribution in [2.45, 2.75) is 31.1 Å². The fourth-order valence-electron chi connectivity index (χ4n) is 3.69. The summed E-state index contributed by atoms with van der Waals surface area (Å²) in [7, 11) is -2.70. The van der Waals surface area contributed by atoms with Crippen LogP contribution in [0.2, 0.25) is 0 Å². The summed E-state index contributed by atoms with van der Waals surface area (Å²) >= 11 is 0. The smallest absolute Gasteiger partial charge is 0.265 e. The molecule has 3 aromatic rings. The SMILES string of the molecule is COc1ccc(F)cc1S(=O)(=O)Nc1ccc(Nc2cc(C)nc(N3CCCCC3)n2)cc1. The summed E-state index contributed by atoms with van der Waals surface area (Å²) in [6.07, 6.45) is 3.51. The van der Waals surface area contributed by atoms with Gasteiger partial charge in [-0.25, -0.2) is 17.8 Å². The zero-order chi connectivity index (χ0) is 23.4. The van der Waals surface area contributed by atoms with Gasteiger partial charge in [-0.2, -0.15) is 4.98 Å². The van der Waals surface area contributed by atoms with E-state index in [-0.39, 0.29) is 10.6 Å². The lowest BCUT2D eigenvalue weighted by atomic mass is 10.1. The van der Waals surface area contributed by atoms with Crippen LogP contribution < -0.4 is 19.7 Å². The van der Waals surface area contributed by atoms with Gasteiger partial charge in [0.15, 0.2) is 0 Å². The number of anilines is 4. The third kappa shape index (κ3) is 5.51. The summed E-state index contributed by atoms with van der Waals surface area (Å²) < 4.78 is 46.6. The Kier molecular flexibility index (Phi) is 6.64. The number of nitrogens with zero attached hydrogens (tertiary/aromatic N) is 3. The van der Waals surface area contributed by atoms with Gasteiger partial charge in [0, 0.05) is 36.2 Å². The molecule has 8 nitrogen and oxygen atoms in total. The second-order valence-corrected chi connectivity index (χ2v) is 9.50. The lowest BCUT2D eigenvalue weighted by Gasteiger charge is -2.27. The quantitative estimate of drug-likeness (QED) is 0.525. The molecule has 0 spiro atoms. The van der Waals surface area contributed by atoms with Gasteiger partial charge in [-0.15, -0.1) is 0 Å². The van der Waals surface area contributed by atoms with Gasteiger partial charge in [0.2, 0.25) is 5.95 Å². The first kappa shape index (κ1) is 22.8. The summed E-state index contributed by atoms with van der Waals surface area (Å²) in [6.45, 7) is 3.83. The number of aromatic nitrogens is 2. The van der Waals surface area contributed by atoms with Gasteiger partial charge in [0.25, 0.3) is 10.0 Å². The van der Waals surface area contributed by atoms with Crippen LogP contribution in [0, 0.1) is 12.7 Å². The standard InChI is InChI=1S/C23H26FN5O3S/c1-16-14-22(27-23(25-16)29-12-4-3-5-13-29)26-18-7-9-19(10-8-18)28-33(30,31)21-15-17(24)6-11-20(21)32-2/h6-11,14-15,28H,3-5,12-13H2,1-2H3,(H,25,26,27). The van der Waals surface area contributed by atoms with Crippen LogP contribution in [0.25, 0.3) is 0 Å². The van der Waals surface area contributed by atoms with E-state index in [0.29, 0.717) is 17.5 Å². The van der Waals surface area contributed by atoms with Gasteiger partial charge in [0.1, 0.15) is 22.3 Å². The van der Waals surface area contributed by atoms with Crippen molar-refractivity contribution in [1.29, 1.82) is 0 Å². The normalized spacial score (nSPS) is 14.1. The van der Waals surface area contributed by atoms with Gasteiger partial charge in [-0.05, 0) is 68.7 Å². The van der Waals surface area contributed by atoms with Crippen molar-refractivity contribution in [3.8, 4) is 5.75 Å². The number of rotatable bonds is 7. The molecule has 2 heterocycles. The van der Waals surface area contributed by atoms with E-state index in [1.165, 1.54) is 19.6 Å². The Balaban J connectivity index is 1.49. The molecule has 1 aliphatic heterocycles. The lowest BCUT2D eigenvalue weighted by Crippen LogP contribution is -2.31. The Hall–Kier alpha value is -3.40. The average molecular weight is 472 g/mol. The van der Waals surface area contributed by atoms with E-state index in [4.69, 9.17) is 4.74 Å². The number of sulfonamides is 1. The summed E-state index contributed by atoms with van der Waals surface area (Å²) in [5.41, 5.74) is 1.94. The van der Waals surface area contributed by atoms with E-state index < -0.39 is 15.8 Å². The molecule has 1 saturated heterocycles. The van der Waals surface area contributed by atoms with E-state index in [1.54, 1.807) is 24.3 Å². The van der Waals surface area contributed by atoms with Crippen molar-refractivity contribution < 1.29 is 17.5 Å². The fraction of sp³-hybridized carbons (Fsp3) is 0.304. The van der Waals surface area contributed by atoms with Crippen molar-refractivity contribution in [2.75, 3.05) is 35.1 Å². The summed E-state index contributed by atoms with van der Waals surface area (Å²) in [5, 5.41) is 3.25. The predicted molar refractivity (Wildman–Crippen MR) is 126 cm³/mol. The molecule has 2 aromatic carbocycles. The highest BCUT2D eigenvalue weighted by molar-refractivity contribution is 7.92. The molecule has 174 valence electrons. The van der Waals surface area contributed by atoms with Crippen LogP contribution >= 0.6 is 0 Å². The minimum Gasteiger partial charge on any atom is -0.495 e. The number of hydrogen-bond donors (Lipinski definition) is 2. The van der Waals surface area contributed by atoms with Crippen LogP contribution in [0.15, 0.2) is 53.4 Å². The highest BCUT2D eigenvalue weighted by Gasteiger charge is 2.21. The van der Waals surface area contributed by atoms with E-state index in [9.17, 15) is 12.8 Å². The number of nitrogens with one attached hydrogen (secondary N) is 2. The first-order chi connectivity index (χ1) is 15.8. The predicted octanol–water partition coefficient (Wildman–Crippen LogP) is 4.47. The summed E-state index contributed by atoms with van der Waals surface area (Å²) in [6, 6.07) is 11.9. The van der Waals surface area contributed by atoms with Gasteiger partial charge < -0.3 is 15.0 Å². The zero-order valence-corrected chi connectivity index (χ0v) is 19.3. The van der Waals surface area contributed by atoms with Crippen LogP contribution in [0.3, 0.4) is 0 Å². The molecule has 0 amide bonds. The van der Waals surface area contributed by atoms with Crippen molar-refractivity contribution in [3.63, 3.8) is 0 Å². The Morgan fingerprint density at radius 1 is 0.970 bits per heavy atom. The number of aryl methyl sites for hydroxylation is 1. The van der Waals surface area contributed by atoms with Gasteiger partial charge in [0.05, 0.1) is 7.11 Å². The molecule has 0 radical (unpaired) electrons. The number of methoxy groups -OCH3 is 1. The molecule has 1 fully saturated rings. The molecule has 1 aliphatic rings. The summed E-state index contributed by atoms with van der Waals surface area (Å²) in [4.78, 5) is 11.1. The number of piperidine rings is 1. The Morgan fingerprint density at radius 3 is 2.36 bits per heavy atom. The number of hydrogen-bond acceptors (Lipinski definition) is 7. The number of ether oxygens (including phenoxy) is 1. The molecule has 0 unspecified atom stereocenters.